The number of hydrogen-bond acceptors (Lipinski definition) is 3. The first-order chi connectivity index (χ1) is 6.72. The van der Waals surface area contributed by atoms with E-state index >= 15 is 0 Å². The van der Waals surface area contributed by atoms with Crippen molar-refractivity contribution in [3.8, 4) is 0 Å². The summed E-state index contributed by atoms with van der Waals surface area (Å²) in [5.41, 5.74) is 0. The van der Waals surface area contributed by atoms with Crippen LogP contribution in [0.4, 0.5) is 0 Å². The van der Waals surface area contributed by atoms with Crippen molar-refractivity contribution in [2.24, 2.45) is 11.8 Å². The van der Waals surface area contributed by atoms with Crippen LogP contribution in [0, 0.1) is 11.8 Å². The second-order valence-corrected chi connectivity index (χ2v) is 4.27. The Morgan fingerprint density at radius 2 is 1.79 bits per heavy atom. The van der Waals surface area contributed by atoms with E-state index in [1.165, 1.54) is 12.8 Å². The minimum atomic E-state index is 0.0718. The van der Waals surface area contributed by atoms with Crippen molar-refractivity contribution in [1.29, 1.82) is 0 Å². The summed E-state index contributed by atoms with van der Waals surface area (Å²) in [5, 5.41) is 0. The Labute approximate surface area is 86.7 Å². The molecule has 0 N–H and O–H groups in total. The molecule has 0 aromatic heterocycles. The summed E-state index contributed by atoms with van der Waals surface area (Å²) in [6.07, 6.45) is 2.77. The third-order valence-electron chi connectivity index (χ3n) is 3.15. The molecule has 0 aliphatic heterocycles. The highest BCUT2D eigenvalue weighted by Crippen LogP contribution is 2.38. The molecule has 0 heterocycles. The molecule has 0 saturated heterocycles. The van der Waals surface area contributed by atoms with Crippen molar-refractivity contribution in [2.75, 3.05) is 27.9 Å². The average molecular weight is 202 g/mol. The molecule has 0 radical (unpaired) electrons. The largest absolute Gasteiger partial charge is 0.382 e. The van der Waals surface area contributed by atoms with Gasteiger partial charge >= 0.3 is 0 Å². The van der Waals surface area contributed by atoms with E-state index in [9.17, 15) is 0 Å². The first-order valence-corrected chi connectivity index (χ1v) is 5.27. The Morgan fingerprint density at radius 1 is 1.14 bits per heavy atom. The second kappa shape index (κ2) is 5.69. The lowest BCUT2D eigenvalue weighted by Gasteiger charge is -2.40. The fourth-order valence-corrected chi connectivity index (χ4v) is 2.34. The minimum Gasteiger partial charge on any atom is -0.382 e. The highest BCUT2D eigenvalue weighted by atomic mass is 16.6. The van der Waals surface area contributed by atoms with Gasteiger partial charge in [-0.3, -0.25) is 0 Å². The molecule has 0 spiro atoms. The van der Waals surface area contributed by atoms with Crippen LogP contribution in [0.2, 0.25) is 0 Å². The third kappa shape index (κ3) is 2.69. The van der Waals surface area contributed by atoms with Gasteiger partial charge in [-0.05, 0) is 24.7 Å². The van der Waals surface area contributed by atoms with Crippen molar-refractivity contribution < 1.29 is 14.2 Å². The van der Waals surface area contributed by atoms with Gasteiger partial charge in [0.05, 0.1) is 12.7 Å². The zero-order valence-corrected chi connectivity index (χ0v) is 9.66. The van der Waals surface area contributed by atoms with Crippen LogP contribution in [-0.4, -0.2) is 40.1 Å². The maximum absolute atomic E-state index is 5.50. The van der Waals surface area contributed by atoms with Crippen molar-refractivity contribution in [2.45, 2.75) is 32.0 Å². The molecular formula is C11H22O3. The lowest BCUT2D eigenvalue weighted by atomic mass is 9.72. The van der Waals surface area contributed by atoms with Gasteiger partial charge in [0, 0.05) is 21.3 Å². The topological polar surface area (TPSA) is 27.7 Å². The number of methoxy groups -OCH3 is 3. The normalized spacial score (nSPS) is 30.9. The highest BCUT2D eigenvalue weighted by Gasteiger charge is 2.37. The van der Waals surface area contributed by atoms with Crippen LogP contribution >= 0.6 is 0 Å². The van der Waals surface area contributed by atoms with Gasteiger partial charge in [-0.1, -0.05) is 6.92 Å². The van der Waals surface area contributed by atoms with Gasteiger partial charge in [0.15, 0.2) is 0 Å². The maximum atomic E-state index is 5.50. The van der Waals surface area contributed by atoms with E-state index in [2.05, 4.69) is 6.92 Å². The number of ether oxygens (including phenoxy) is 3. The maximum Gasteiger partial charge on any atom is 0.107 e. The summed E-state index contributed by atoms with van der Waals surface area (Å²) in [6.45, 7) is 2.89. The summed E-state index contributed by atoms with van der Waals surface area (Å²) >= 11 is 0. The number of rotatable bonds is 6. The molecule has 1 rings (SSSR count). The quantitative estimate of drug-likeness (QED) is 0.656. The van der Waals surface area contributed by atoms with E-state index < -0.39 is 0 Å². The van der Waals surface area contributed by atoms with Gasteiger partial charge in [-0.2, -0.15) is 0 Å². The summed E-state index contributed by atoms with van der Waals surface area (Å²) < 4.78 is 16.0. The van der Waals surface area contributed by atoms with Crippen LogP contribution in [0.5, 0.6) is 0 Å². The van der Waals surface area contributed by atoms with Gasteiger partial charge in [-0.25, -0.2) is 0 Å². The fourth-order valence-electron chi connectivity index (χ4n) is 2.34. The van der Waals surface area contributed by atoms with Crippen LogP contribution < -0.4 is 0 Å². The predicted molar refractivity (Wildman–Crippen MR) is 55.4 cm³/mol. The molecule has 0 unspecified atom stereocenters. The average Bonchev–Trinajstić information content (AvgIpc) is 2.14. The first kappa shape index (κ1) is 12.0. The highest BCUT2D eigenvalue weighted by molar-refractivity contribution is 4.87. The molecule has 2 atom stereocenters. The minimum absolute atomic E-state index is 0.0718. The monoisotopic (exact) mass is 202 g/mol. The molecule has 1 aliphatic carbocycles. The Balaban J connectivity index is 2.42. The van der Waals surface area contributed by atoms with Gasteiger partial charge in [-0.15, -0.1) is 0 Å². The van der Waals surface area contributed by atoms with Crippen molar-refractivity contribution in [3.63, 3.8) is 0 Å². The molecule has 3 heteroatoms. The zero-order chi connectivity index (χ0) is 10.6. The van der Waals surface area contributed by atoms with E-state index in [1.807, 2.05) is 0 Å². The van der Waals surface area contributed by atoms with Crippen molar-refractivity contribution >= 4 is 0 Å². The fraction of sp³-hybridized carbons (Fsp3) is 1.00. The molecule has 0 aromatic rings. The molecule has 0 bridgehead atoms. The van der Waals surface area contributed by atoms with Crippen molar-refractivity contribution in [3.05, 3.63) is 0 Å². The van der Waals surface area contributed by atoms with E-state index in [-0.39, 0.29) is 12.2 Å². The Kier molecular flexibility index (Phi) is 4.85. The van der Waals surface area contributed by atoms with E-state index in [1.54, 1.807) is 21.3 Å². The smallest absolute Gasteiger partial charge is 0.107 e. The summed E-state index contributed by atoms with van der Waals surface area (Å²) in [6, 6.07) is 0. The SMILES string of the molecule is COC[C@H](OC)[C@H](OC)C1CC(C)C1. The van der Waals surface area contributed by atoms with Gasteiger partial charge in [0.25, 0.3) is 0 Å². The second-order valence-electron chi connectivity index (χ2n) is 4.27. The standard InChI is InChI=1S/C11H22O3/c1-8-5-9(6-8)11(14-4)10(13-3)7-12-2/h8-11H,5-7H2,1-4H3/t8?,9?,10-,11+/m0/s1. The van der Waals surface area contributed by atoms with Gasteiger partial charge in [0.1, 0.15) is 6.10 Å². The van der Waals surface area contributed by atoms with Crippen LogP contribution in [0.25, 0.3) is 0 Å². The van der Waals surface area contributed by atoms with E-state index in [4.69, 9.17) is 14.2 Å². The molecule has 14 heavy (non-hydrogen) atoms. The zero-order valence-electron chi connectivity index (χ0n) is 9.66. The molecule has 1 aliphatic rings. The molecule has 0 amide bonds. The van der Waals surface area contributed by atoms with Crippen LogP contribution in [-0.2, 0) is 14.2 Å². The lowest BCUT2D eigenvalue weighted by Crippen LogP contribution is -2.44. The van der Waals surface area contributed by atoms with Crippen LogP contribution in [0.1, 0.15) is 19.8 Å². The Hall–Kier alpha value is -0.120. The Morgan fingerprint density at radius 3 is 2.14 bits per heavy atom. The molecular weight excluding hydrogens is 180 g/mol. The summed E-state index contributed by atoms with van der Waals surface area (Å²) in [7, 11) is 5.18. The van der Waals surface area contributed by atoms with Crippen LogP contribution in [0.3, 0.4) is 0 Å². The predicted octanol–water partition coefficient (Wildman–Crippen LogP) is 1.71. The molecule has 0 aromatic carbocycles. The van der Waals surface area contributed by atoms with Crippen molar-refractivity contribution in [1.82, 2.24) is 0 Å². The molecule has 1 saturated carbocycles. The Bertz CT molecular complexity index is 155. The molecule has 84 valence electrons. The molecule has 1 fully saturated rings. The third-order valence-corrected chi connectivity index (χ3v) is 3.15. The number of hydrogen-bond donors (Lipinski definition) is 0. The first-order valence-electron chi connectivity index (χ1n) is 5.27. The van der Waals surface area contributed by atoms with E-state index in [0.29, 0.717) is 12.5 Å². The van der Waals surface area contributed by atoms with E-state index in [0.717, 1.165) is 5.92 Å². The molecule has 3 nitrogen and oxygen atoms in total. The van der Waals surface area contributed by atoms with Gasteiger partial charge < -0.3 is 14.2 Å². The van der Waals surface area contributed by atoms with Crippen LogP contribution in [0.15, 0.2) is 0 Å². The summed E-state index contributed by atoms with van der Waals surface area (Å²) in [4.78, 5) is 0. The van der Waals surface area contributed by atoms with Gasteiger partial charge in [0.2, 0.25) is 0 Å². The summed E-state index contributed by atoms with van der Waals surface area (Å²) in [5.74, 6) is 1.49. The lowest BCUT2D eigenvalue weighted by molar-refractivity contribution is -0.112.